The lowest BCUT2D eigenvalue weighted by Gasteiger charge is -2.14. The fourth-order valence-corrected chi connectivity index (χ4v) is 3.20. The number of nitrogens with zero attached hydrogens (tertiary/aromatic N) is 1. The van der Waals surface area contributed by atoms with Crippen LogP contribution in [0.3, 0.4) is 0 Å². The molecule has 0 aliphatic carbocycles. The fraction of sp³-hybridized carbons (Fsp3) is 0.100. The van der Waals surface area contributed by atoms with Gasteiger partial charge in [-0.05, 0) is 30.4 Å². The maximum absolute atomic E-state index is 11.8. The summed E-state index contributed by atoms with van der Waals surface area (Å²) < 4.78 is 11.2. The number of rotatable bonds is 7. The number of benzene rings is 2. The molecule has 0 radical (unpaired) electrons. The van der Waals surface area contributed by atoms with Crippen LogP contribution in [0.1, 0.15) is 16.8 Å². The van der Waals surface area contributed by atoms with Gasteiger partial charge in [0.05, 0.1) is 12.0 Å². The molecule has 31 heavy (non-hydrogen) atoms. The number of ether oxygens (including phenoxy) is 2. The number of nitro groups is 1. The molecule has 1 aromatic heterocycles. The Labute approximate surface area is 185 Å². The van der Waals surface area contributed by atoms with Crippen LogP contribution in [-0.2, 0) is 6.61 Å². The average molecular weight is 464 g/mol. The standard InChI is InChI=1S/C20H15Cl2N3O6/c1-30-16-4-2-3-11(18(16)31-10-12-5-7-13(21)9-14(12)22)6-8-15-17(25(28)29)19(26)24-20(27)23-15/h2-9H,10H2,1H3,(H2,23,24,26,27)/b8-6-. The van der Waals surface area contributed by atoms with Gasteiger partial charge >= 0.3 is 16.9 Å². The maximum Gasteiger partial charge on any atom is 0.357 e. The summed E-state index contributed by atoms with van der Waals surface area (Å²) in [5, 5.41) is 12.1. The van der Waals surface area contributed by atoms with Crippen LogP contribution in [0.4, 0.5) is 5.69 Å². The van der Waals surface area contributed by atoms with Crippen molar-refractivity contribution in [3.63, 3.8) is 0 Å². The number of nitrogens with one attached hydrogen (secondary N) is 2. The molecule has 0 unspecified atom stereocenters. The summed E-state index contributed by atoms with van der Waals surface area (Å²) in [5.74, 6) is 0.739. The Bertz CT molecular complexity index is 1280. The van der Waals surface area contributed by atoms with Crippen LogP contribution in [0.5, 0.6) is 11.5 Å². The van der Waals surface area contributed by atoms with Crippen LogP contribution in [-0.4, -0.2) is 22.0 Å². The first-order valence-electron chi connectivity index (χ1n) is 8.73. The molecule has 2 N–H and O–H groups in total. The van der Waals surface area contributed by atoms with Crippen molar-refractivity contribution in [2.75, 3.05) is 7.11 Å². The minimum absolute atomic E-state index is 0.0964. The minimum atomic E-state index is -1.10. The molecule has 0 atom stereocenters. The molecule has 3 rings (SSSR count). The van der Waals surface area contributed by atoms with Crippen molar-refractivity contribution in [2.24, 2.45) is 0 Å². The van der Waals surface area contributed by atoms with E-state index >= 15 is 0 Å². The smallest absolute Gasteiger partial charge is 0.357 e. The molecule has 0 spiro atoms. The maximum atomic E-state index is 11.8. The zero-order valence-corrected chi connectivity index (χ0v) is 17.5. The van der Waals surface area contributed by atoms with E-state index in [2.05, 4.69) is 4.98 Å². The summed E-state index contributed by atoms with van der Waals surface area (Å²) in [6.07, 6.45) is 2.70. The van der Waals surface area contributed by atoms with E-state index in [-0.39, 0.29) is 12.3 Å². The first-order chi connectivity index (χ1) is 14.8. The Morgan fingerprint density at radius 1 is 1.13 bits per heavy atom. The Balaban J connectivity index is 1.99. The van der Waals surface area contributed by atoms with Gasteiger partial charge in [-0.1, -0.05) is 41.4 Å². The van der Waals surface area contributed by atoms with Crippen molar-refractivity contribution in [3.8, 4) is 11.5 Å². The van der Waals surface area contributed by atoms with E-state index in [0.29, 0.717) is 32.7 Å². The number of halogens is 2. The zero-order valence-electron chi connectivity index (χ0n) is 16.0. The first-order valence-corrected chi connectivity index (χ1v) is 9.48. The number of hydrogen-bond donors (Lipinski definition) is 2. The topological polar surface area (TPSA) is 127 Å². The van der Waals surface area contributed by atoms with Gasteiger partial charge in [0.15, 0.2) is 11.5 Å². The van der Waals surface area contributed by atoms with E-state index in [4.69, 9.17) is 32.7 Å². The van der Waals surface area contributed by atoms with Crippen molar-refractivity contribution < 1.29 is 14.4 Å². The molecule has 0 saturated heterocycles. The van der Waals surface area contributed by atoms with Crippen LogP contribution >= 0.6 is 23.2 Å². The van der Waals surface area contributed by atoms with Crippen molar-refractivity contribution in [2.45, 2.75) is 6.61 Å². The van der Waals surface area contributed by atoms with Gasteiger partial charge in [0, 0.05) is 21.2 Å². The minimum Gasteiger partial charge on any atom is -0.493 e. The number of para-hydroxylation sites is 1. The third-order valence-corrected chi connectivity index (χ3v) is 4.76. The molecule has 0 aliphatic heterocycles. The highest BCUT2D eigenvalue weighted by atomic mass is 35.5. The number of aromatic amines is 2. The molecule has 0 amide bonds. The lowest BCUT2D eigenvalue weighted by Crippen LogP contribution is -2.25. The summed E-state index contributed by atoms with van der Waals surface area (Å²) >= 11 is 12.1. The summed E-state index contributed by atoms with van der Waals surface area (Å²) in [5.41, 5.74) is -1.84. The third kappa shape index (κ3) is 5.14. The number of hydrogen-bond acceptors (Lipinski definition) is 6. The molecule has 3 aromatic rings. The second kappa shape index (κ2) is 9.50. The van der Waals surface area contributed by atoms with Crippen LogP contribution in [0.2, 0.25) is 10.0 Å². The van der Waals surface area contributed by atoms with Gasteiger partial charge < -0.3 is 14.5 Å². The monoisotopic (exact) mass is 463 g/mol. The van der Waals surface area contributed by atoms with Gasteiger partial charge in [-0.3, -0.25) is 19.9 Å². The van der Waals surface area contributed by atoms with E-state index in [0.717, 1.165) is 0 Å². The van der Waals surface area contributed by atoms with E-state index in [1.165, 1.54) is 19.3 Å². The highest BCUT2D eigenvalue weighted by Gasteiger charge is 2.19. The Hall–Kier alpha value is -3.56. The van der Waals surface area contributed by atoms with Crippen molar-refractivity contribution in [1.82, 2.24) is 9.97 Å². The van der Waals surface area contributed by atoms with Crippen molar-refractivity contribution in [3.05, 3.63) is 94.2 Å². The second-order valence-electron chi connectivity index (χ2n) is 6.16. The molecule has 0 aliphatic rings. The van der Waals surface area contributed by atoms with Crippen molar-refractivity contribution >= 4 is 41.0 Å². The largest absolute Gasteiger partial charge is 0.493 e. The van der Waals surface area contributed by atoms with Crippen molar-refractivity contribution in [1.29, 1.82) is 0 Å². The number of methoxy groups -OCH3 is 1. The fourth-order valence-electron chi connectivity index (χ4n) is 2.74. The normalized spacial score (nSPS) is 10.9. The molecule has 0 fully saturated rings. The molecular weight excluding hydrogens is 449 g/mol. The summed E-state index contributed by atoms with van der Waals surface area (Å²) in [6, 6.07) is 10.0. The Morgan fingerprint density at radius 2 is 1.90 bits per heavy atom. The molecule has 9 nitrogen and oxygen atoms in total. The number of H-pyrrole nitrogens is 2. The molecule has 0 bridgehead atoms. The summed E-state index contributed by atoms with van der Waals surface area (Å²) in [4.78, 5) is 37.7. The molecule has 1 heterocycles. The van der Waals surface area contributed by atoms with E-state index in [1.54, 1.807) is 36.4 Å². The van der Waals surface area contributed by atoms with Crippen LogP contribution in [0.15, 0.2) is 46.0 Å². The summed E-state index contributed by atoms with van der Waals surface area (Å²) in [6.45, 7) is 0.0964. The van der Waals surface area contributed by atoms with E-state index < -0.39 is 21.9 Å². The SMILES string of the molecule is COc1cccc(/C=C\c2[nH]c(=O)[nH]c(=O)c2[N+](=O)[O-])c1OCc1ccc(Cl)cc1Cl. The third-order valence-electron chi connectivity index (χ3n) is 4.17. The zero-order chi connectivity index (χ0) is 22.5. The van der Waals surface area contributed by atoms with Gasteiger partial charge in [-0.25, -0.2) is 4.79 Å². The van der Waals surface area contributed by atoms with Gasteiger partial charge in [0.25, 0.3) is 0 Å². The summed E-state index contributed by atoms with van der Waals surface area (Å²) in [7, 11) is 1.46. The van der Waals surface area contributed by atoms with Crippen LogP contribution < -0.4 is 20.7 Å². The van der Waals surface area contributed by atoms with E-state index in [9.17, 15) is 19.7 Å². The lowest BCUT2D eigenvalue weighted by molar-refractivity contribution is -0.386. The average Bonchev–Trinajstić information content (AvgIpc) is 2.71. The van der Waals surface area contributed by atoms with Gasteiger partial charge in [-0.2, -0.15) is 0 Å². The second-order valence-corrected chi connectivity index (χ2v) is 7.01. The predicted molar refractivity (Wildman–Crippen MR) is 117 cm³/mol. The van der Waals surface area contributed by atoms with Crippen LogP contribution in [0.25, 0.3) is 12.2 Å². The lowest BCUT2D eigenvalue weighted by atomic mass is 10.1. The molecule has 0 saturated carbocycles. The van der Waals surface area contributed by atoms with Gasteiger partial charge in [0.1, 0.15) is 12.3 Å². The predicted octanol–water partition coefficient (Wildman–Crippen LogP) is 4.04. The van der Waals surface area contributed by atoms with Gasteiger partial charge in [-0.15, -0.1) is 0 Å². The molecular formula is C20H15Cl2N3O6. The molecule has 2 aromatic carbocycles. The Kier molecular flexibility index (Phi) is 6.78. The van der Waals surface area contributed by atoms with Crippen LogP contribution in [0, 0.1) is 10.1 Å². The Morgan fingerprint density at radius 3 is 2.58 bits per heavy atom. The molecule has 160 valence electrons. The highest BCUT2D eigenvalue weighted by molar-refractivity contribution is 6.35. The van der Waals surface area contributed by atoms with Gasteiger partial charge in [0.2, 0.25) is 0 Å². The molecule has 11 heteroatoms. The quantitative estimate of drug-likeness (QED) is 0.402. The number of aromatic nitrogens is 2. The highest BCUT2D eigenvalue weighted by Crippen LogP contribution is 2.34. The van der Waals surface area contributed by atoms with E-state index in [1.807, 2.05) is 4.98 Å². The first kappa shape index (κ1) is 22.1.